The van der Waals surface area contributed by atoms with Crippen LogP contribution in [-0.4, -0.2) is 10.5 Å². The molecule has 148 valence electrons. The highest BCUT2D eigenvalue weighted by atomic mass is 35.5. The van der Waals surface area contributed by atoms with E-state index in [1.54, 1.807) is 24.3 Å². The molecule has 0 fully saturated rings. The number of nitrogens with zero attached hydrogens (tertiary/aromatic N) is 3. The van der Waals surface area contributed by atoms with E-state index < -0.39 is 5.97 Å². The van der Waals surface area contributed by atoms with Crippen molar-refractivity contribution in [2.75, 3.05) is 0 Å². The zero-order chi connectivity index (χ0) is 21.8. The molecule has 1 aromatic heterocycles. The Balaban J connectivity index is 2.04. The lowest BCUT2D eigenvalue weighted by Crippen LogP contribution is -2.07. The van der Waals surface area contributed by atoms with E-state index in [4.69, 9.17) is 21.6 Å². The average molecular weight is 416 g/mol. The lowest BCUT2D eigenvalue weighted by Gasteiger charge is -2.12. The van der Waals surface area contributed by atoms with Gasteiger partial charge in [0.1, 0.15) is 11.8 Å². The SMILES string of the molecule is C=CC(=O)Oc1cc(Cn2c(C)c(C#N)c(-c3ccc(C#N)cc3)c2C)ccc1Cl. The Kier molecular flexibility index (Phi) is 6.06. The number of benzene rings is 2. The van der Waals surface area contributed by atoms with Gasteiger partial charge in [0.15, 0.2) is 0 Å². The van der Waals surface area contributed by atoms with Gasteiger partial charge in [0, 0.05) is 29.6 Å². The summed E-state index contributed by atoms with van der Waals surface area (Å²) >= 11 is 6.14. The van der Waals surface area contributed by atoms with E-state index >= 15 is 0 Å². The van der Waals surface area contributed by atoms with Crippen molar-refractivity contribution in [2.24, 2.45) is 0 Å². The van der Waals surface area contributed by atoms with Gasteiger partial charge in [-0.3, -0.25) is 0 Å². The van der Waals surface area contributed by atoms with E-state index in [0.717, 1.165) is 34.2 Å². The van der Waals surface area contributed by atoms with E-state index in [1.807, 2.05) is 36.6 Å². The number of carbonyl (C=O) groups excluding carboxylic acids is 1. The highest BCUT2D eigenvalue weighted by Gasteiger charge is 2.19. The fourth-order valence-electron chi connectivity index (χ4n) is 3.38. The molecule has 0 spiro atoms. The van der Waals surface area contributed by atoms with Gasteiger partial charge in [0.05, 0.1) is 22.2 Å². The molecule has 0 unspecified atom stereocenters. The van der Waals surface area contributed by atoms with Crippen LogP contribution in [-0.2, 0) is 11.3 Å². The maximum Gasteiger partial charge on any atom is 0.335 e. The minimum Gasteiger partial charge on any atom is -0.422 e. The Labute approximate surface area is 180 Å². The molecule has 0 saturated carbocycles. The third-order valence-electron chi connectivity index (χ3n) is 4.91. The van der Waals surface area contributed by atoms with Crippen molar-refractivity contribution in [3.63, 3.8) is 0 Å². The molecule has 0 saturated heterocycles. The molecule has 0 radical (unpaired) electrons. The number of rotatable bonds is 5. The van der Waals surface area contributed by atoms with Crippen molar-refractivity contribution in [1.82, 2.24) is 4.57 Å². The van der Waals surface area contributed by atoms with Crippen LogP contribution in [0.5, 0.6) is 5.75 Å². The largest absolute Gasteiger partial charge is 0.422 e. The lowest BCUT2D eigenvalue weighted by molar-refractivity contribution is -0.128. The summed E-state index contributed by atoms with van der Waals surface area (Å²) in [5, 5.41) is 19.1. The topological polar surface area (TPSA) is 78.8 Å². The third kappa shape index (κ3) is 3.98. The highest BCUT2D eigenvalue weighted by molar-refractivity contribution is 6.32. The number of halogens is 1. The molecule has 2 aromatic carbocycles. The standard InChI is InChI=1S/C24H18ClN3O2/c1-4-23(29)30-22-11-18(7-10-21(22)25)14-28-15(2)20(13-27)24(16(28)3)19-8-5-17(12-26)6-9-19/h4-11H,1,14H2,2-3H3. The highest BCUT2D eigenvalue weighted by Crippen LogP contribution is 2.33. The van der Waals surface area contributed by atoms with E-state index in [-0.39, 0.29) is 5.75 Å². The average Bonchev–Trinajstić information content (AvgIpc) is 2.99. The second-order valence-electron chi connectivity index (χ2n) is 6.70. The van der Waals surface area contributed by atoms with Crippen LogP contribution < -0.4 is 4.74 Å². The summed E-state index contributed by atoms with van der Waals surface area (Å²) in [5.74, 6) is -0.327. The Hall–Kier alpha value is -3.80. The van der Waals surface area contributed by atoms with Crippen molar-refractivity contribution in [2.45, 2.75) is 20.4 Å². The molecule has 1 heterocycles. The molecular weight excluding hydrogens is 398 g/mol. The third-order valence-corrected chi connectivity index (χ3v) is 5.22. The van der Waals surface area contributed by atoms with Crippen molar-refractivity contribution < 1.29 is 9.53 Å². The number of nitriles is 2. The van der Waals surface area contributed by atoms with Gasteiger partial charge in [-0.15, -0.1) is 0 Å². The number of esters is 1. The summed E-state index contributed by atoms with van der Waals surface area (Å²) in [6, 6.07) is 16.8. The maximum absolute atomic E-state index is 11.5. The van der Waals surface area contributed by atoms with Gasteiger partial charge in [-0.2, -0.15) is 10.5 Å². The molecule has 0 bridgehead atoms. The summed E-state index contributed by atoms with van der Waals surface area (Å²) < 4.78 is 7.23. The molecule has 3 rings (SSSR count). The first-order valence-electron chi connectivity index (χ1n) is 9.12. The summed E-state index contributed by atoms with van der Waals surface area (Å²) in [5.41, 5.74) is 5.48. The normalized spacial score (nSPS) is 10.2. The summed E-state index contributed by atoms with van der Waals surface area (Å²) in [7, 11) is 0. The number of aromatic nitrogens is 1. The van der Waals surface area contributed by atoms with Gasteiger partial charge in [-0.05, 0) is 49.2 Å². The fraction of sp³-hybridized carbons (Fsp3) is 0.125. The zero-order valence-electron chi connectivity index (χ0n) is 16.6. The van der Waals surface area contributed by atoms with Crippen LogP contribution in [0, 0.1) is 36.5 Å². The van der Waals surface area contributed by atoms with E-state index in [2.05, 4.69) is 18.7 Å². The summed E-state index contributed by atoms with van der Waals surface area (Å²) in [4.78, 5) is 11.5. The number of carbonyl (C=O) groups is 1. The lowest BCUT2D eigenvalue weighted by atomic mass is 10.0. The van der Waals surface area contributed by atoms with Gasteiger partial charge in [0.2, 0.25) is 0 Å². The van der Waals surface area contributed by atoms with Crippen LogP contribution >= 0.6 is 11.6 Å². The molecule has 0 aliphatic rings. The van der Waals surface area contributed by atoms with Crippen LogP contribution in [0.1, 0.15) is 28.1 Å². The van der Waals surface area contributed by atoms with Crippen LogP contribution in [0.25, 0.3) is 11.1 Å². The molecule has 0 aliphatic carbocycles. The van der Waals surface area contributed by atoms with Crippen LogP contribution in [0.3, 0.4) is 0 Å². The molecule has 6 heteroatoms. The predicted molar refractivity (Wildman–Crippen MR) is 115 cm³/mol. The molecule has 3 aromatic rings. The van der Waals surface area contributed by atoms with Crippen molar-refractivity contribution in [3.05, 3.63) is 88.2 Å². The quantitative estimate of drug-likeness (QED) is 0.321. The van der Waals surface area contributed by atoms with Crippen molar-refractivity contribution >= 4 is 17.6 Å². The van der Waals surface area contributed by atoms with E-state index in [1.165, 1.54) is 0 Å². The zero-order valence-corrected chi connectivity index (χ0v) is 17.3. The first kappa shape index (κ1) is 20.9. The van der Waals surface area contributed by atoms with Gasteiger partial charge in [-0.25, -0.2) is 4.79 Å². The van der Waals surface area contributed by atoms with Crippen molar-refractivity contribution in [3.8, 4) is 29.0 Å². The van der Waals surface area contributed by atoms with Crippen LogP contribution in [0.4, 0.5) is 0 Å². The molecular formula is C24H18ClN3O2. The predicted octanol–water partition coefficient (Wildman–Crippen LogP) is 5.31. The summed E-state index contributed by atoms with van der Waals surface area (Å²) in [6.45, 7) is 7.71. The first-order chi connectivity index (χ1) is 14.4. The monoisotopic (exact) mass is 415 g/mol. The molecule has 0 atom stereocenters. The number of hydrogen-bond acceptors (Lipinski definition) is 4. The fourth-order valence-corrected chi connectivity index (χ4v) is 3.53. The van der Waals surface area contributed by atoms with Gasteiger partial charge < -0.3 is 9.30 Å². The minimum atomic E-state index is -0.586. The number of ether oxygens (including phenoxy) is 1. The molecule has 0 aliphatic heterocycles. The Morgan fingerprint density at radius 3 is 2.43 bits per heavy atom. The molecule has 0 amide bonds. The van der Waals surface area contributed by atoms with Crippen LogP contribution in [0.15, 0.2) is 55.1 Å². The molecule has 5 nitrogen and oxygen atoms in total. The Morgan fingerprint density at radius 1 is 1.13 bits per heavy atom. The van der Waals surface area contributed by atoms with Gasteiger partial charge in [0.25, 0.3) is 0 Å². The Bertz CT molecular complexity index is 1230. The van der Waals surface area contributed by atoms with Crippen molar-refractivity contribution in [1.29, 1.82) is 10.5 Å². The van der Waals surface area contributed by atoms with Gasteiger partial charge in [-0.1, -0.05) is 36.4 Å². The molecule has 30 heavy (non-hydrogen) atoms. The minimum absolute atomic E-state index is 0.259. The van der Waals surface area contributed by atoms with Crippen LogP contribution in [0.2, 0.25) is 5.02 Å². The number of hydrogen-bond donors (Lipinski definition) is 0. The van der Waals surface area contributed by atoms with E-state index in [0.29, 0.717) is 22.7 Å². The summed E-state index contributed by atoms with van der Waals surface area (Å²) in [6.07, 6.45) is 1.08. The second-order valence-corrected chi connectivity index (χ2v) is 7.11. The second kappa shape index (κ2) is 8.69. The van der Waals surface area contributed by atoms with E-state index in [9.17, 15) is 10.1 Å². The maximum atomic E-state index is 11.5. The van der Waals surface area contributed by atoms with Gasteiger partial charge >= 0.3 is 5.97 Å². The molecule has 0 N–H and O–H groups in total. The Morgan fingerprint density at radius 2 is 1.83 bits per heavy atom. The first-order valence-corrected chi connectivity index (χ1v) is 9.50. The smallest absolute Gasteiger partial charge is 0.335 e.